The third-order valence-electron chi connectivity index (χ3n) is 5.59. The lowest BCUT2D eigenvalue weighted by Gasteiger charge is -2.21. The zero-order valence-corrected chi connectivity index (χ0v) is 18.5. The Hall–Kier alpha value is -4.29. The van der Waals surface area contributed by atoms with E-state index in [4.69, 9.17) is 9.15 Å². The molecule has 0 fully saturated rings. The molecule has 0 N–H and O–H groups in total. The van der Waals surface area contributed by atoms with E-state index in [0.29, 0.717) is 10.8 Å². The maximum atomic E-state index is 13.8. The van der Waals surface area contributed by atoms with E-state index in [9.17, 15) is 39.5 Å². The molecule has 0 aliphatic heterocycles. The molecule has 196 valence electrons. The van der Waals surface area contributed by atoms with E-state index in [1.54, 1.807) is 30.3 Å². The van der Waals surface area contributed by atoms with Gasteiger partial charge in [0, 0.05) is 10.8 Å². The van der Waals surface area contributed by atoms with Crippen molar-refractivity contribution in [3.05, 3.63) is 83.6 Å². The van der Waals surface area contributed by atoms with Gasteiger partial charge in [0.1, 0.15) is 5.69 Å². The number of ether oxygens (including phenoxy) is 1. The van der Waals surface area contributed by atoms with Gasteiger partial charge < -0.3 is 9.15 Å². The lowest BCUT2D eigenvalue weighted by molar-refractivity contribution is -0.149. The summed E-state index contributed by atoms with van der Waals surface area (Å²) in [5.74, 6) is -2.46. The lowest BCUT2D eigenvalue weighted by atomic mass is 10.0. The van der Waals surface area contributed by atoms with Crippen molar-refractivity contribution in [1.82, 2.24) is 10.2 Å². The zero-order chi connectivity index (χ0) is 27.5. The molecule has 0 aliphatic carbocycles. The summed E-state index contributed by atoms with van der Waals surface area (Å²) in [5.41, 5.74) is -6.57. The maximum Gasteiger partial charge on any atom is 0.420 e. The van der Waals surface area contributed by atoms with E-state index >= 15 is 0 Å². The molecule has 0 spiro atoms. The molecule has 0 bridgehead atoms. The van der Waals surface area contributed by atoms with Crippen molar-refractivity contribution in [2.24, 2.45) is 0 Å². The zero-order valence-electron chi connectivity index (χ0n) is 18.5. The number of hydrogen-bond donors (Lipinski definition) is 0. The number of furan rings is 1. The maximum absolute atomic E-state index is 13.8. The molecule has 5 rings (SSSR count). The number of fused-ring (bicyclic) bond motifs is 2. The van der Waals surface area contributed by atoms with Crippen LogP contribution < -0.4 is 4.74 Å². The number of rotatable bonds is 3. The van der Waals surface area contributed by atoms with Crippen molar-refractivity contribution in [3.63, 3.8) is 0 Å². The van der Waals surface area contributed by atoms with E-state index in [0.717, 1.165) is 0 Å². The minimum absolute atomic E-state index is 0.0498. The average molecular weight is 542 g/mol. The van der Waals surface area contributed by atoms with Crippen LogP contribution in [-0.2, 0) is 18.5 Å². The average Bonchev–Trinajstić information content (AvgIpc) is 3.35. The van der Waals surface area contributed by atoms with Gasteiger partial charge in [0.25, 0.3) is 0 Å². The normalized spacial score (nSPS) is 12.9. The predicted molar refractivity (Wildman–Crippen MR) is 116 cm³/mol. The number of nitrogens with zero attached hydrogens (tertiary/aromatic N) is 2. The number of halogens is 9. The molecule has 0 atom stereocenters. The Kier molecular flexibility index (Phi) is 5.76. The quantitative estimate of drug-likeness (QED) is 0.169. The summed E-state index contributed by atoms with van der Waals surface area (Å²) in [6.45, 7) is 0. The second-order valence-electron chi connectivity index (χ2n) is 8.07. The molecular weight excluding hydrogens is 531 g/mol. The molecule has 0 amide bonds. The van der Waals surface area contributed by atoms with Gasteiger partial charge in [-0.25, -0.2) is 0 Å². The van der Waals surface area contributed by atoms with Crippen molar-refractivity contribution in [1.29, 1.82) is 0 Å². The fourth-order valence-corrected chi connectivity index (χ4v) is 3.91. The largest absolute Gasteiger partial charge is 0.463 e. The molecule has 5 aromatic rings. The van der Waals surface area contributed by atoms with Crippen LogP contribution in [0.2, 0.25) is 0 Å². The van der Waals surface area contributed by atoms with Gasteiger partial charge in [0.15, 0.2) is 11.5 Å². The molecule has 0 unspecified atom stereocenters. The Labute approximate surface area is 206 Å². The summed E-state index contributed by atoms with van der Waals surface area (Å²) in [7, 11) is 0. The fraction of sp³-hybridized carbons (Fsp3) is 0.120. The van der Waals surface area contributed by atoms with Crippen LogP contribution in [0.4, 0.5) is 39.5 Å². The monoisotopic (exact) mass is 542 g/mol. The second kappa shape index (κ2) is 8.64. The fourth-order valence-electron chi connectivity index (χ4n) is 3.91. The summed E-state index contributed by atoms with van der Waals surface area (Å²) in [5, 5.41) is 8.91. The van der Waals surface area contributed by atoms with Gasteiger partial charge in [-0.1, -0.05) is 24.3 Å². The Morgan fingerprint density at radius 2 is 1.21 bits per heavy atom. The van der Waals surface area contributed by atoms with E-state index in [1.807, 2.05) is 0 Å². The number of alkyl halides is 9. The van der Waals surface area contributed by atoms with Crippen LogP contribution >= 0.6 is 0 Å². The van der Waals surface area contributed by atoms with Crippen LogP contribution in [0.1, 0.15) is 16.7 Å². The number of benzene rings is 3. The van der Waals surface area contributed by atoms with Crippen LogP contribution in [0.25, 0.3) is 33.0 Å². The minimum Gasteiger partial charge on any atom is -0.463 e. The van der Waals surface area contributed by atoms with Crippen LogP contribution in [0.15, 0.2) is 71.3 Å². The Morgan fingerprint density at radius 1 is 0.632 bits per heavy atom. The van der Waals surface area contributed by atoms with Gasteiger partial charge in [0.2, 0.25) is 5.88 Å². The summed E-state index contributed by atoms with van der Waals surface area (Å²) in [4.78, 5) is 0. The smallest absolute Gasteiger partial charge is 0.420 e. The van der Waals surface area contributed by atoms with E-state index in [-0.39, 0.29) is 22.2 Å². The number of hydrogen-bond acceptors (Lipinski definition) is 4. The highest BCUT2D eigenvalue weighted by molar-refractivity contribution is 6.05. The summed E-state index contributed by atoms with van der Waals surface area (Å²) >= 11 is 0. The van der Waals surface area contributed by atoms with Gasteiger partial charge in [0.05, 0.1) is 23.0 Å². The Bertz CT molecular complexity index is 1620. The van der Waals surface area contributed by atoms with Crippen molar-refractivity contribution in [2.45, 2.75) is 18.5 Å². The van der Waals surface area contributed by atoms with Crippen molar-refractivity contribution >= 4 is 21.5 Å². The van der Waals surface area contributed by atoms with Crippen LogP contribution in [0, 0.1) is 0 Å². The standard InChI is InChI=1S/C25H11F9N2O2/c26-23(27,28)14-10-17(24(29,30)31)21(18(11-14)25(32,33)34)38-22-16-9-13-5-2-1-4-12(13)8-15(16)20(35-36-22)19-6-3-7-37-19/h1-11H. The first-order chi connectivity index (χ1) is 17.7. The molecule has 0 saturated heterocycles. The molecule has 0 radical (unpaired) electrons. The molecule has 13 heteroatoms. The Balaban J connectivity index is 1.80. The first-order valence-electron chi connectivity index (χ1n) is 10.5. The van der Waals surface area contributed by atoms with E-state index in [2.05, 4.69) is 10.2 Å². The van der Waals surface area contributed by atoms with E-state index in [1.165, 1.54) is 24.5 Å². The predicted octanol–water partition coefficient (Wildman–Crippen LogP) is 8.89. The summed E-state index contributed by atoms with van der Waals surface area (Å²) < 4.78 is 133. The highest BCUT2D eigenvalue weighted by atomic mass is 19.4. The molecule has 2 aromatic heterocycles. The summed E-state index contributed by atoms with van der Waals surface area (Å²) in [6, 6.07) is 11.8. The van der Waals surface area contributed by atoms with Crippen molar-refractivity contribution < 1.29 is 48.7 Å². The topological polar surface area (TPSA) is 48.2 Å². The molecule has 4 nitrogen and oxygen atoms in total. The van der Waals surface area contributed by atoms with Crippen LogP contribution in [0.5, 0.6) is 11.6 Å². The SMILES string of the molecule is FC(F)(F)c1cc(C(F)(F)F)c(Oc2nnc(-c3ccco3)c3cc4ccccc4cc23)c(C(F)(F)F)c1. The minimum atomic E-state index is -5.64. The van der Waals surface area contributed by atoms with Gasteiger partial charge in [-0.3, -0.25) is 0 Å². The molecule has 0 aliphatic rings. The molecule has 3 aromatic carbocycles. The van der Waals surface area contributed by atoms with Crippen molar-refractivity contribution in [3.8, 4) is 23.1 Å². The van der Waals surface area contributed by atoms with Crippen LogP contribution in [0.3, 0.4) is 0 Å². The van der Waals surface area contributed by atoms with Gasteiger partial charge in [-0.2, -0.15) is 39.5 Å². The van der Waals surface area contributed by atoms with Gasteiger partial charge in [-0.15, -0.1) is 10.2 Å². The third kappa shape index (κ3) is 4.59. The first kappa shape index (κ1) is 25.4. The van der Waals surface area contributed by atoms with Crippen LogP contribution in [-0.4, -0.2) is 10.2 Å². The second-order valence-corrected chi connectivity index (χ2v) is 8.07. The molecular formula is C25H11F9N2O2. The summed E-state index contributed by atoms with van der Waals surface area (Å²) in [6.07, 6.45) is -15.4. The molecule has 38 heavy (non-hydrogen) atoms. The van der Waals surface area contributed by atoms with Gasteiger partial charge in [-0.05, 0) is 47.2 Å². The number of aromatic nitrogens is 2. The first-order valence-corrected chi connectivity index (χ1v) is 10.5. The third-order valence-corrected chi connectivity index (χ3v) is 5.59. The molecule has 0 saturated carbocycles. The highest BCUT2D eigenvalue weighted by Gasteiger charge is 2.46. The molecule has 2 heterocycles. The highest BCUT2D eigenvalue weighted by Crippen LogP contribution is 2.49. The van der Waals surface area contributed by atoms with E-state index < -0.39 is 59.0 Å². The lowest BCUT2D eigenvalue weighted by Crippen LogP contribution is -2.18. The van der Waals surface area contributed by atoms with Crippen molar-refractivity contribution in [2.75, 3.05) is 0 Å². The van der Waals surface area contributed by atoms with Gasteiger partial charge >= 0.3 is 18.5 Å². The Morgan fingerprint density at radius 3 is 1.71 bits per heavy atom.